The number of carbonyl (C=O) groups is 3. The van der Waals surface area contributed by atoms with Crippen LogP contribution in [0.15, 0.2) is 23.9 Å². The molecule has 0 bridgehead atoms. The number of esters is 1. The highest BCUT2D eigenvalue weighted by atomic mass is 28.4. The molecule has 8 heteroatoms. The summed E-state index contributed by atoms with van der Waals surface area (Å²) in [6, 6.07) is -0.763. The minimum absolute atomic E-state index is 0.104. The van der Waals surface area contributed by atoms with E-state index in [-0.39, 0.29) is 42.3 Å². The Labute approximate surface area is 193 Å². The van der Waals surface area contributed by atoms with Crippen LogP contribution < -0.4 is 5.32 Å². The number of ether oxygens (including phenoxy) is 1. The van der Waals surface area contributed by atoms with Crippen LogP contribution >= 0.6 is 0 Å². The van der Waals surface area contributed by atoms with Gasteiger partial charge in [-0.1, -0.05) is 33.4 Å². The van der Waals surface area contributed by atoms with Crippen molar-refractivity contribution in [2.24, 2.45) is 0 Å². The molecular weight excluding hydrogens is 424 g/mol. The summed E-state index contributed by atoms with van der Waals surface area (Å²) in [4.78, 5) is 38.4. The first kappa shape index (κ1) is 26.3. The number of nitrogens with zero attached hydrogens (tertiary/aromatic N) is 1. The molecule has 1 N–H and O–H groups in total. The number of hydrogen-bond acceptors (Lipinski definition) is 5. The van der Waals surface area contributed by atoms with Gasteiger partial charge in [-0.25, -0.2) is 9.59 Å². The van der Waals surface area contributed by atoms with Crippen molar-refractivity contribution >= 4 is 26.6 Å². The molecule has 3 atom stereocenters. The Bertz CT molecular complexity index is 756. The van der Waals surface area contributed by atoms with Gasteiger partial charge in [-0.3, -0.25) is 0 Å². The van der Waals surface area contributed by atoms with Crippen molar-refractivity contribution < 1.29 is 23.5 Å². The molecule has 0 aromatic rings. The largest absolute Gasteiger partial charge is 0.458 e. The van der Waals surface area contributed by atoms with Crippen molar-refractivity contribution in [2.75, 3.05) is 6.61 Å². The van der Waals surface area contributed by atoms with Crippen LogP contribution in [0.4, 0.5) is 4.79 Å². The van der Waals surface area contributed by atoms with Crippen LogP contribution in [0.2, 0.25) is 18.1 Å². The highest BCUT2D eigenvalue weighted by molar-refractivity contribution is 6.74. The molecule has 7 nitrogen and oxygen atoms in total. The van der Waals surface area contributed by atoms with Crippen LogP contribution in [-0.4, -0.2) is 56.3 Å². The smallest absolute Gasteiger partial charge is 0.338 e. The van der Waals surface area contributed by atoms with Gasteiger partial charge >= 0.3 is 12.0 Å². The third-order valence-electron chi connectivity index (χ3n) is 6.91. The van der Waals surface area contributed by atoms with E-state index in [4.69, 9.17) is 9.16 Å². The van der Waals surface area contributed by atoms with Gasteiger partial charge in [0.15, 0.2) is 8.32 Å². The van der Waals surface area contributed by atoms with Gasteiger partial charge in [-0.05, 0) is 57.2 Å². The molecular formula is C24H40N2O5Si. The van der Waals surface area contributed by atoms with Gasteiger partial charge in [0.05, 0.1) is 11.6 Å². The van der Waals surface area contributed by atoms with E-state index in [1.807, 2.05) is 0 Å². The maximum absolute atomic E-state index is 12.9. The quantitative estimate of drug-likeness (QED) is 0.207. The van der Waals surface area contributed by atoms with Gasteiger partial charge in [-0.15, -0.1) is 0 Å². The molecule has 0 unspecified atom stereocenters. The fourth-order valence-corrected chi connectivity index (χ4v) is 5.73. The average molecular weight is 465 g/mol. The van der Waals surface area contributed by atoms with Gasteiger partial charge in [0.2, 0.25) is 0 Å². The summed E-state index contributed by atoms with van der Waals surface area (Å²) in [5, 5.41) is 3.07. The predicted octanol–water partition coefficient (Wildman–Crippen LogP) is 4.70. The number of carbonyl (C=O) groups excluding carboxylic acids is 3. The summed E-state index contributed by atoms with van der Waals surface area (Å²) in [6.45, 7) is 17.0. The minimum atomic E-state index is -1.85. The molecule has 32 heavy (non-hydrogen) atoms. The topological polar surface area (TPSA) is 84.9 Å². The molecule has 2 heterocycles. The molecule has 0 aromatic carbocycles. The molecule has 0 aliphatic carbocycles. The summed E-state index contributed by atoms with van der Waals surface area (Å²) in [5.41, 5.74) is 1.15. The highest BCUT2D eigenvalue weighted by Crippen LogP contribution is 2.38. The fraction of sp³-hybridized carbons (Fsp3) is 0.708. The Kier molecular flexibility index (Phi) is 8.87. The Hall–Kier alpha value is -1.93. The van der Waals surface area contributed by atoms with Crippen LogP contribution in [-0.2, 0) is 18.8 Å². The van der Waals surface area contributed by atoms with Crippen LogP contribution in [0, 0.1) is 0 Å². The lowest BCUT2D eigenvalue weighted by Gasteiger charge is -2.38. The summed E-state index contributed by atoms with van der Waals surface area (Å²) in [7, 11) is -1.85. The van der Waals surface area contributed by atoms with Crippen molar-refractivity contribution in [3.63, 3.8) is 0 Å². The average Bonchev–Trinajstić information content (AvgIpc) is 3.09. The number of aldehydes is 1. The number of hydrogen-bond donors (Lipinski definition) is 1. The number of amides is 2. The molecule has 1 saturated heterocycles. The summed E-state index contributed by atoms with van der Waals surface area (Å²) in [6.07, 6.45) is 6.27. The molecule has 2 amide bonds. The van der Waals surface area contributed by atoms with E-state index in [1.54, 1.807) is 4.90 Å². The second-order valence-electron chi connectivity index (χ2n) is 10.3. The van der Waals surface area contributed by atoms with E-state index in [1.165, 1.54) is 6.08 Å². The van der Waals surface area contributed by atoms with E-state index in [2.05, 4.69) is 52.7 Å². The number of rotatable bonds is 11. The molecule has 0 aromatic heterocycles. The lowest BCUT2D eigenvalue weighted by atomic mass is 9.97. The van der Waals surface area contributed by atoms with Gasteiger partial charge in [0, 0.05) is 24.3 Å². The fourth-order valence-electron chi connectivity index (χ4n) is 4.25. The predicted molar refractivity (Wildman–Crippen MR) is 128 cm³/mol. The molecule has 180 valence electrons. The summed E-state index contributed by atoms with van der Waals surface area (Å²) >= 11 is 0. The zero-order valence-corrected chi connectivity index (χ0v) is 21.5. The number of nitrogens with one attached hydrogen (secondary N) is 1. The lowest BCUT2D eigenvalue weighted by Crippen LogP contribution is -2.53. The third-order valence-corrected chi connectivity index (χ3v) is 11.5. The minimum Gasteiger partial charge on any atom is -0.458 e. The lowest BCUT2D eigenvalue weighted by molar-refractivity contribution is -0.138. The van der Waals surface area contributed by atoms with Gasteiger partial charge in [0.1, 0.15) is 12.9 Å². The number of fused-ring (bicyclic) bond motifs is 1. The maximum atomic E-state index is 12.9. The van der Waals surface area contributed by atoms with E-state index in [0.717, 1.165) is 19.1 Å². The van der Waals surface area contributed by atoms with Crippen LogP contribution in [0.1, 0.15) is 66.2 Å². The first-order valence-corrected chi connectivity index (χ1v) is 14.6. The van der Waals surface area contributed by atoms with Crippen molar-refractivity contribution in [1.82, 2.24) is 10.2 Å². The second-order valence-corrected chi connectivity index (χ2v) is 15.1. The van der Waals surface area contributed by atoms with E-state index < -0.39 is 14.3 Å². The molecule has 2 rings (SSSR count). The summed E-state index contributed by atoms with van der Waals surface area (Å²) < 4.78 is 11.8. The molecule has 0 saturated carbocycles. The molecule has 1 fully saturated rings. The number of allylic oxidation sites excluding steroid dienone is 1. The van der Waals surface area contributed by atoms with Crippen LogP contribution in [0.25, 0.3) is 0 Å². The second kappa shape index (κ2) is 10.8. The Morgan fingerprint density at radius 1 is 1.34 bits per heavy atom. The van der Waals surface area contributed by atoms with E-state index >= 15 is 0 Å². The zero-order valence-electron chi connectivity index (χ0n) is 20.5. The SMILES string of the molecule is C=CCOC(=O)C1=C(CCC[C@@H](C)O[Si](C)(C)C(C)(C)C)NC(=O)N2[C@H](CC=O)CC[C@H]12. The van der Waals surface area contributed by atoms with Crippen molar-refractivity contribution in [1.29, 1.82) is 0 Å². The van der Waals surface area contributed by atoms with Crippen molar-refractivity contribution in [3.8, 4) is 0 Å². The Morgan fingerprint density at radius 3 is 2.62 bits per heavy atom. The third kappa shape index (κ3) is 6.10. The van der Waals surface area contributed by atoms with Crippen LogP contribution in [0.5, 0.6) is 0 Å². The van der Waals surface area contributed by atoms with Gasteiger partial charge in [-0.2, -0.15) is 0 Å². The highest BCUT2D eigenvalue weighted by Gasteiger charge is 2.45. The molecule has 2 aliphatic rings. The maximum Gasteiger partial charge on any atom is 0.338 e. The first-order valence-electron chi connectivity index (χ1n) is 11.6. The summed E-state index contributed by atoms with van der Waals surface area (Å²) in [5.74, 6) is -0.424. The monoisotopic (exact) mass is 464 g/mol. The number of urea groups is 1. The molecule has 0 spiro atoms. The van der Waals surface area contributed by atoms with E-state index in [0.29, 0.717) is 30.5 Å². The zero-order chi connectivity index (χ0) is 24.1. The van der Waals surface area contributed by atoms with Crippen molar-refractivity contribution in [3.05, 3.63) is 23.9 Å². The Balaban J connectivity index is 2.14. The first-order chi connectivity index (χ1) is 14.9. The molecule has 0 radical (unpaired) electrons. The Morgan fingerprint density at radius 2 is 2.03 bits per heavy atom. The standard InChI is InChI=1S/C24H40N2O5Si/c1-8-16-30-22(28)21-19(11-9-10-17(2)31-32(6,7)24(3,4)5)25-23(29)26-18(14-15-27)12-13-20(21)26/h8,15,17-18,20H,1,9-14,16H2,2-7H3,(H,25,29)/t17-,18+,20-/m1/s1. The van der Waals surface area contributed by atoms with Gasteiger partial charge < -0.3 is 24.2 Å². The van der Waals surface area contributed by atoms with E-state index in [9.17, 15) is 14.4 Å². The van der Waals surface area contributed by atoms with Gasteiger partial charge in [0.25, 0.3) is 0 Å². The molecule has 2 aliphatic heterocycles. The normalized spacial score (nSPS) is 22.3. The van der Waals surface area contributed by atoms with Crippen molar-refractivity contribution in [2.45, 2.75) is 103 Å². The van der Waals surface area contributed by atoms with Crippen LogP contribution in [0.3, 0.4) is 0 Å².